The Labute approximate surface area is 155 Å². The molecule has 1 fully saturated rings. The van der Waals surface area contributed by atoms with Crippen LogP contribution >= 0.6 is 12.4 Å². The quantitative estimate of drug-likeness (QED) is 0.854. The number of rotatable bonds is 3. The van der Waals surface area contributed by atoms with E-state index in [9.17, 15) is 0 Å². The van der Waals surface area contributed by atoms with E-state index in [1.807, 2.05) is 12.1 Å². The van der Waals surface area contributed by atoms with E-state index >= 15 is 0 Å². The van der Waals surface area contributed by atoms with Crippen molar-refractivity contribution in [3.8, 4) is 11.5 Å². The SMILES string of the molecule is Cl.NC1CCC(Oc2ccc3c(c2)CC[C@H](c2ccccc2)O3)CC1. The van der Waals surface area contributed by atoms with E-state index in [4.69, 9.17) is 15.2 Å². The molecule has 25 heavy (non-hydrogen) atoms. The predicted molar refractivity (Wildman–Crippen MR) is 103 cm³/mol. The number of halogens is 1. The van der Waals surface area contributed by atoms with Crippen LogP contribution in [0.3, 0.4) is 0 Å². The number of ether oxygens (including phenoxy) is 2. The highest BCUT2D eigenvalue weighted by Gasteiger charge is 2.23. The molecule has 1 atom stereocenters. The molecule has 0 bridgehead atoms. The van der Waals surface area contributed by atoms with Crippen LogP contribution in [0.1, 0.15) is 49.3 Å². The molecule has 1 heterocycles. The number of fused-ring (bicyclic) bond motifs is 1. The first-order chi connectivity index (χ1) is 11.8. The molecule has 2 aromatic rings. The Kier molecular flexibility index (Phi) is 5.87. The van der Waals surface area contributed by atoms with Crippen LogP contribution in [0.2, 0.25) is 0 Å². The van der Waals surface area contributed by atoms with Crippen LogP contribution in [-0.2, 0) is 6.42 Å². The van der Waals surface area contributed by atoms with Gasteiger partial charge in [0.25, 0.3) is 0 Å². The van der Waals surface area contributed by atoms with Gasteiger partial charge < -0.3 is 15.2 Å². The van der Waals surface area contributed by atoms with Gasteiger partial charge >= 0.3 is 0 Å². The number of nitrogens with two attached hydrogens (primary N) is 1. The van der Waals surface area contributed by atoms with E-state index < -0.39 is 0 Å². The third-order valence-corrected chi connectivity index (χ3v) is 5.17. The summed E-state index contributed by atoms with van der Waals surface area (Å²) < 4.78 is 12.4. The number of hydrogen-bond donors (Lipinski definition) is 1. The number of aryl methyl sites for hydroxylation is 1. The second-order valence-corrected chi connectivity index (χ2v) is 6.98. The first-order valence-electron chi connectivity index (χ1n) is 9.05. The van der Waals surface area contributed by atoms with Gasteiger partial charge in [-0.1, -0.05) is 30.3 Å². The smallest absolute Gasteiger partial charge is 0.124 e. The summed E-state index contributed by atoms with van der Waals surface area (Å²) in [4.78, 5) is 0. The summed E-state index contributed by atoms with van der Waals surface area (Å²) in [5.74, 6) is 1.96. The van der Waals surface area contributed by atoms with E-state index in [-0.39, 0.29) is 18.5 Å². The van der Waals surface area contributed by atoms with Gasteiger partial charge in [-0.25, -0.2) is 0 Å². The molecule has 0 saturated heterocycles. The summed E-state index contributed by atoms with van der Waals surface area (Å²) in [6, 6.07) is 17.1. The first-order valence-corrected chi connectivity index (χ1v) is 9.05. The lowest BCUT2D eigenvalue weighted by molar-refractivity contribution is 0.145. The van der Waals surface area contributed by atoms with Gasteiger partial charge in [-0.2, -0.15) is 0 Å². The van der Waals surface area contributed by atoms with E-state index in [0.717, 1.165) is 50.0 Å². The zero-order valence-corrected chi connectivity index (χ0v) is 15.2. The van der Waals surface area contributed by atoms with E-state index in [2.05, 4.69) is 36.4 Å². The van der Waals surface area contributed by atoms with Crippen molar-refractivity contribution < 1.29 is 9.47 Å². The number of hydrogen-bond acceptors (Lipinski definition) is 3. The molecule has 2 aliphatic rings. The van der Waals surface area contributed by atoms with Gasteiger partial charge in [0.15, 0.2) is 0 Å². The lowest BCUT2D eigenvalue weighted by Gasteiger charge is -2.29. The molecule has 0 aromatic heterocycles. The second-order valence-electron chi connectivity index (χ2n) is 6.98. The Hall–Kier alpha value is -1.71. The fourth-order valence-corrected chi connectivity index (χ4v) is 3.74. The largest absolute Gasteiger partial charge is 0.490 e. The molecule has 0 unspecified atom stereocenters. The zero-order chi connectivity index (χ0) is 16.4. The van der Waals surface area contributed by atoms with Crippen molar-refractivity contribution in [1.29, 1.82) is 0 Å². The molecule has 0 radical (unpaired) electrons. The van der Waals surface area contributed by atoms with Crippen molar-refractivity contribution in [2.75, 3.05) is 0 Å². The van der Waals surface area contributed by atoms with E-state index in [1.54, 1.807) is 0 Å². The molecule has 0 spiro atoms. The van der Waals surface area contributed by atoms with Crippen LogP contribution in [0.25, 0.3) is 0 Å². The third kappa shape index (κ3) is 4.28. The lowest BCUT2D eigenvalue weighted by Crippen LogP contribution is -2.31. The fourth-order valence-electron chi connectivity index (χ4n) is 3.74. The molecule has 0 amide bonds. The Morgan fingerprint density at radius 3 is 2.44 bits per heavy atom. The van der Waals surface area contributed by atoms with Crippen LogP contribution in [0.15, 0.2) is 48.5 Å². The topological polar surface area (TPSA) is 44.5 Å². The molecule has 4 heteroatoms. The van der Waals surface area contributed by atoms with Crippen LogP contribution in [0.4, 0.5) is 0 Å². The molecule has 1 saturated carbocycles. The van der Waals surface area contributed by atoms with Crippen molar-refractivity contribution in [3.05, 3.63) is 59.7 Å². The standard InChI is InChI=1S/C21H25NO2.ClH/c22-17-7-9-18(10-8-17)23-19-11-13-21-16(14-19)6-12-20(24-21)15-4-2-1-3-5-15;/h1-5,11,13-14,17-18,20H,6-10,12,22H2;1H/t17?,18?,20-;/m1./s1. The van der Waals surface area contributed by atoms with Gasteiger partial charge in [0.05, 0.1) is 6.10 Å². The van der Waals surface area contributed by atoms with Crippen molar-refractivity contribution in [2.24, 2.45) is 5.73 Å². The summed E-state index contributed by atoms with van der Waals surface area (Å²) in [5, 5.41) is 0. The van der Waals surface area contributed by atoms with Gasteiger partial charge in [-0.3, -0.25) is 0 Å². The normalized spacial score (nSPS) is 25.2. The fraction of sp³-hybridized carbons (Fsp3) is 0.429. The molecule has 134 valence electrons. The summed E-state index contributed by atoms with van der Waals surface area (Å²) >= 11 is 0. The monoisotopic (exact) mass is 359 g/mol. The van der Waals surface area contributed by atoms with Crippen molar-refractivity contribution in [1.82, 2.24) is 0 Å². The summed E-state index contributed by atoms with van der Waals surface area (Å²) in [6.07, 6.45) is 6.76. The Bertz CT molecular complexity index is 684. The molecular formula is C21H26ClNO2. The Morgan fingerprint density at radius 1 is 0.920 bits per heavy atom. The van der Waals surface area contributed by atoms with Crippen molar-refractivity contribution in [2.45, 2.75) is 56.8 Å². The highest BCUT2D eigenvalue weighted by molar-refractivity contribution is 5.85. The summed E-state index contributed by atoms with van der Waals surface area (Å²) in [7, 11) is 0. The molecule has 1 aliphatic carbocycles. The molecule has 4 rings (SSSR count). The highest BCUT2D eigenvalue weighted by Crippen LogP contribution is 2.37. The van der Waals surface area contributed by atoms with E-state index in [1.165, 1.54) is 11.1 Å². The predicted octanol–water partition coefficient (Wildman–Crippen LogP) is 4.82. The van der Waals surface area contributed by atoms with Gasteiger partial charge in [0.2, 0.25) is 0 Å². The van der Waals surface area contributed by atoms with Crippen molar-refractivity contribution >= 4 is 12.4 Å². The lowest BCUT2D eigenvalue weighted by atomic mass is 9.93. The van der Waals surface area contributed by atoms with E-state index in [0.29, 0.717) is 12.1 Å². The van der Waals surface area contributed by atoms with Crippen LogP contribution in [-0.4, -0.2) is 12.1 Å². The zero-order valence-electron chi connectivity index (χ0n) is 14.4. The summed E-state index contributed by atoms with van der Waals surface area (Å²) in [6.45, 7) is 0. The highest BCUT2D eigenvalue weighted by atomic mass is 35.5. The molecule has 3 nitrogen and oxygen atoms in total. The van der Waals surface area contributed by atoms with Gasteiger partial charge in [-0.15, -0.1) is 12.4 Å². The third-order valence-electron chi connectivity index (χ3n) is 5.17. The average Bonchev–Trinajstić information content (AvgIpc) is 2.64. The minimum Gasteiger partial charge on any atom is -0.490 e. The minimum atomic E-state index is 0. The van der Waals surface area contributed by atoms with Crippen LogP contribution in [0, 0.1) is 0 Å². The van der Waals surface area contributed by atoms with Crippen LogP contribution in [0.5, 0.6) is 11.5 Å². The first kappa shape index (κ1) is 18.1. The number of benzene rings is 2. The molecule has 2 aromatic carbocycles. The maximum atomic E-state index is 6.20. The molecular weight excluding hydrogens is 334 g/mol. The van der Waals surface area contributed by atoms with Gasteiger partial charge in [0, 0.05) is 6.04 Å². The average molecular weight is 360 g/mol. The Balaban J connectivity index is 0.00000182. The van der Waals surface area contributed by atoms with Gasteiger partial charge in [-0.05, 0) is 67.9 Å². The van der Waals surface area contributed by atoms with Gasteiger partial charge in [0.1, 0.15) is 17.6 Å². The second kappa shape index (κ2) is 8.11. The van der Waals surface area contributed by atoms with Crippen molar-refractivity contribution in [3.63, 3.8) is 0 Å². The maximum absolute atomic E-state index is 6.20. The Morgan fingerprint density at radius 2 is 1.68 bits per heavy atom. The molecule has 2 N–H and O–H groups in total. The maximum Gasteiger partial charge on any atom is 0.124 e. The molecule has 1 aliphatic heterocycles. The van der Waals surface area contributed by atoms with Crippen LogP contribution < -0.4 is 15.2 Å². The minimum absolute atomic E-state index is 0. The summed E-state index contributed by atoms with van der Waals surface area (Å²) in [5.41, 5.74) is 8.48.